The van der Waals surface area contributed by atoms with Crippen molar-refractivity contribution in [2.24, 2.45) is 0 Å². The van der Waals surface area contributed by atoms with Gasteiger partial charge in [-0.05, 0) is 12.0 Å². The third kappa shape index (κ3) is 5.64. The first kappa shape index (κ1) is 16.7. The van der Waals surface area contributed by atoms with Crippen molar-refractivity contribution in [3.05, 3.63) is 35.9 Å². The van der Waals surface area contributed by atoms with Crippen LogP contribution in [0.2, 0.25) is 0 Å². The summed E-state index contributed by atoms with van der Waals surface area (Å²) in [6.07, 6.45) is 0.585. The summed E-state index contributed by atoms with van der Waals surface area (Å²) in [5.74, 6) is -1.93. The van der Waals surface area contributed by atoms with Crippen molar-refractivity contribution in [3.8, 4) is 0 Å². The molecule has 0 saturated carbocycles. The van der Waals surface area contributed by atoms with Crippen molar-refractivity contribution >= 4 is 17.8 Å². The quantitative estimate of drug-likeness (QED) is 0.690. The molecule has 0 radical (unpaired) electrons. The van der Waals surface area contributed by atoms with Crippen LogP contribution < -0.4 is 10.6 Å². The highest BCUT2D eigenvalue weighted by Crippen LogP contribution is 2.04. The zero-order valence-electron chi connectivity index (χ0n) is 12.1. The molecule has 0 unspecified atom stereocenters. The highest BCUT2D eigenvalue weighted by Gasteiger charge is 2.24. The zero-order valence-corrected chi connectivity index (χ0v) is 12.1. The number of carboxylic acid groups (broad SMARTS) is 1. The predicted octanol–water partition coefficient (Wildman–Crippen LogP) is 0.713. The van der Waals surface area contributed by atoms with Gasteiger partial charge >= 0.3 is 5.97 Å². The number of carbonyl (C=O) groups is 3. The average molecular weight is 292 g/mol. The van der Waals surface area contributed by atoms with Gasteiger partial charge in [-0.3, -0.25) is 9.59 Å². The van der Waals surface area contributed by atoms with E-state index in [2.05, 4.69) is 10.6 Å². The first-order valence-electron chi connectivity index (χ1n) is 6.78. The second-order valence-electron chi connectivity index (χ2n) is 4.75. The number of carbonyl (C=O) groups excluding carboxylic acids is 2. The Morgan fingerprint density at radius 3 is 2.19 bits per heavy atom. The van der Waals surface area contributed by atoms with Gasteiger partial charge in [0.15, 0.2) is 0 Å². The van der Waals surface area contributed by atoms with Crippen LogP contribution in [-0.2, 0) is 20.8 Å². The topological polar surface area (TPSA) is 95.5 Å². The van der Waals surface area contributed by atoms with E-state index in [1.165, 1.54) is 6.92 Å². The lowest BCUT2D eigenvalue weighted by Crippen LogP contribution is -2.51. The number of rotatable bonds is 7. The first-order valence-corrected chi connectivity index (χ1v) is 6.78. The Balaban J connectivity index is 2.79. The summed E-state index contributed by atoms with van der Waals surface area (Å²) in [5.41, 5.74) is 0.884. The fraction of sp³-hybridized carbons (Fsp3) is 0.400. The Hall–Kier alpha value is -2.37. The van der Waals surface area contributed by atoms with Crippen molar-refractivity contribution in [1.29, 1.82) is 0 Å². The van der Waals surface area contributed by atoms with Crippen LogP contribution in [0.15, 0.2) is 30.3 Å². The van der Waals surface area contributed by atoms with Crippen LogP contribution in [0.25, 0.3) is 0 Å². The molecular formula is C15H20N2O4. The summed E-state index contributed by atoms with van der Waals surface area (Å²) >= 11 is 0. The molecule has 114 valence electrons. The molecule has 0 heterocycles. The highest BCUT2D eigenvalue weighted by atomic mass is 16.4. The van der Waals surface area contributed by atoms with Gasteiger partial charge in [-0.2, -0.15) is 0 Å². The minimum atomic E-state index is -1.09. The number of hydrogen-bond donors (Lipinski definition) is 3. The van der Waals surface area contributed by atoms with E-state index in [0.29, 0.717) is 6.42 Å². The van der Waals surface area contributed by atoms with Gasteiger partial charge in [0.2, 0.25) is 11.8 Å². The molecule has 0 aliphatic rings. The van der Waals surface area contributed by atoms with Crippen LogP contribution in [0.4, 0.5) is 0 Å². The first-order chi connectivity index (χ1) is 9.93. The van der Waals surface area contributed by atoms with E-state index in [-0.39, 0.29) is 12.3 Å². The van der Waals surface area contributed by atoms with Crippen molar-refractivity contribution in [1.82, 2.24) is 10.6 Å². The maximum atomic E-state index is 12.2. The van der Waals surface area contributed by atoms with Gasteiger partial charge in [0.1, 0.15) is 12.1 Å². The molecule has 0 bridgehead atoms. The van der Waals surface area contributed by atoms with Crippen molar-refractivity contribution < 1.29 is 19.5 Å². The molecule has 1 aromatic rings. The summed E-state index contributed by atoms with van der Waals surface area (Å²) < 4.78 is 0. The third-order valence-corrected chi connectivity index (χ3v) is 3.00. The van der Waals surface area contributed by atoms with Crippen LogP contribution in [0.3, 0.4) is 0 Å². The number of amides is 2. The van der Waals surface area contributed by atoms with Gasteiger partial charge in [-0.15, -0.1) is 0 Å². The average Bonchev–Trinajstić information content (AvgIpc) is 2.44. The molecular weight excluding hydrogens is 272 g/mol. The molecule has 2 atom stereocenters. The Labute approximate surface area is 123 Å². The van der Waals surface area contributed by atoms with Gasteiger partial charge < -0.3 is 15.7 Å². The summed E-state index contributed by atoms with van der Waals surface area (Å²) in [6.45, 7) is 2.99. The maximum Gasteiger partial charge on any atom is 0.326 e. The summed E-state index contributed by atoms with van der Waals surface area (Å²) in [5, 5.41) is 14.0. The molecule has 1 rings (SSSR count). The second-order valence-corrected chi connectivity index (χ2v) is 4.75. The Morgan fingerprint density at radius 2 is 1.71 bits per heavy atom. The van der Waals surface area contributed by atoms with E-state index in [0.717, 1.165) is 5.56 Å². The van der Waals surface area contributed by atoms with Gasteiger partial charge in [0.25, 0.3) is 0 Å². The SMILES string of the molecule is CC[C@H](NC(=O)[C@@H](Cc1ccccc1)NC(C)=O)C(=O)O. The van der Waals surface area contributed by atoms with E-state index in [9.17, 15) is 14.4 Å². The lowest BCUT2D eigenvalue weighted by molar-refractivity contribution is -0.142. The lowest BCUT2D eigenvalue weighted by atomic mass is 10.0. The molecule has 6 nitrogen and oxygen atoms in total. The lowest BCUT2D eigenvalue weighted by Gasteiger charge is -2.20. The largest absolute Gasteiger partial charge is 0.480 e. The number of benzene rings is 1. The molecule has 1 aromatic carbocycles. The molecule has 0 aromatic heterocycles. The number of aliphatic carboxylic acids is 1. The fourth-order valence-electron chi connectivity index (χ4n) is 1.92. The van der Waals surface area contributed by atoms with Crippen molar-refractivity contribution in [2.75, 3.05) is 0 Å². The number of carboxylic acids is 1. The molecule has 0 aliphatic carbocycles. The van der Waals surface area contributed by atoms with E-state index < -0.39 is 24.0 Å². The van der Waals surface area contributed by atoms with E-state index in [1.54, 1.807) is 6.92 Å². The maximum absolute atomic E-state index is 12.2. The summed E-state index contributed by atoms with van der Waals surface area (Å²) in [6, 6.07) is 7.47. The Kier molecular flexibility index (Phi) is 6.39. The zero-order chi connectivity index (χ0) is 15.8. The van der Waals surface area contributed by atoms with E-state index in [4.69, 9.17) is 5.11 Å². The summed E-state index contributed by atoms with van der Waals surface area (Å²) in [4.78, 5) is 34.4. The van der Waals surface area contributed by atoms with Crippen molar-refractivity contribution in [3.63, 3.8) is 0 Å². The third-order valence-electron chi connectivity index (χ3n) is 3.00. The molecule has 0 spiro atoms. The van der Waals surface area contributed by atoms with Crippen LogP contribution in [0.5, 0.6) is 0 Å². The molecule has 2 amide bonds. The standard InChI is InChI=1S/C15H20N2O4/c1-3-12(15(20)21)17-14(19)13(16-10(2)18)9-11-7-5-4-6-8-11/h4-8,12-13H,3,9H2,1-2H3,(H,16,18)(H,17,19)(H,20,21)/t12-,13+/m0/s1. The minimum absolute atomic E-state index is 0.277. The molecule has 0 fully saturated rings. The van der Waals surface area contributed by atoms with Gasteiger partial charge in [0.05, 0.1) is 0 Å². The molecule has 0 aliphatic heterocycles. The van der Waals surface area contributed by atoms with Crippen LogP contribution in [0, 0.1) is 0 Å². The van der Waals surface area contributed by atoms with Gasteiger partial charge in [-0.25, -0.2) is 4.79 Å². The second kappa shape index (κ2) is 8.04. The monoisotopic (exact) mass is 292 g/mol. The van der Waals surface area contributed by atoms with Crippen LogP contribution >= 0.6 is 0 Å². The van der Waals surface area contributed by atoms with Crippen LogP contribution in [-0.4, -0.2) is 35.0 Å². The minimum Gasteiger partial charge on any atom is -0.480 e. The predicted molar refractivity (Wildman–Crippen MR) is 77.6 cm³/mol. The Bertz CT molecular complexity index is 502. The van der Waals surface area contributed by atoms with Gasteiger partial charge in [-0.1, -0.05) is 37.3 Å². The number of nitrogens with one attached hydrogen (secondary N) is 2. The highest BCUT2D eigenvalue weighted by molar-refractivity contribution is 5.90. The Morgan fingerprint density at radius 1 is 1.10 bits per heavy atom. The molecule has 6 heteroatoms. The van der Waals surface area contributed by atoms with Crippen LogP contribution in [0.1, 0.15) is 25.8 Å². The van der Waals surface area contributed by atoms with E-state index >= 15 is 0 Å². The number of hydrogen-bond acceptors (Lipinski definition) is 3. The molecule has 3 N–H and O–H groups in total. The smallest absolute Gasteiger partial charge is 0.326 e. The van der Waals surface area contributed by atoms with Crippen molar-refractivity contribution in [2.45, 2.75) is 38.8 Å². The summed E-state index contributed by atoms with van der Waals surface area (Å²) in [7, 11) is 0. The van der Waals surface area contributed by atoms with E-state index in [1.807, 2.05) is 30.3 Å². The fourth-order valence-corrected chi connectivity index (χ4v) is 1.92. The molecule has 21 heavy (non-hydrogen) atoms. The van der Waals surface area contributed by atoms with Gasteiger partial charge in [0, 0.05) is 13.3 Å². The molecule has 0 saturated heterocycles. The normalized spacial score (nSPS) is 13.0.